The SMILES string of the molecule is Cc1ccc([C@@H](C)NC(=O)/C=C/c2ccc3c(c2)OCO3)cc1C. The third-order valence-electron chi connectivity index (χ3n) is 4.21. The molecule has 124 valence electrons. The molecule has 4 heteroatoms. The van der Waals surface area contributed by atoms with Gasteiger partial charge in [0.05, 0.1) is 6.04 Å². The fourth-order valence-corrected chi connectivity index (χ4v) is 2.57. The van der Waals surface area contributed by atoms with Crippen LogP contribution in [0.15, 0.2) is 42.5 Å². The van der Waals surface area contributed by atoms with Gasteiger partial charge in [-0.05, 0) is 61.2 Å². The zero-order valence-electron chi connectivity index (χ0n) is 14.1. The van der Waals surface area contributed by atoms with Crippen LogP contribution in [0.2, 0.25) is 0 Å². The molecular weight excluding hydrogens is 302 g/mol. The summed E-state index contributed by atoms with van der Waals surface area (Å²) in [6, 6.07) is 11.8. The first-order valence-electron chi connectivity index (χ1n) is 7.98. The average Bonchev–Trinajstić information content (AvgIpc) is 3.03. The Hall–Kier alpha value is -2.75. The lowest BCUT2D eigenvalue weighted by Gasteiger charge is -2.14. The van der Waals surface area contributed by atoms with Crippen molar-refractivity contribution in [3.05, 3.63) is 64.7 Å². The molecule has 4 nitrogen and oxygen atoms in total. The van der Waals surface area contributed by atoms with E-state index in [0.29, 0.717) is 5.75 Å². The topological polar surface area (TPSA) is 47.6 Å². The van der Waals surface area contributed by atoms with Gasteiger partial charge < -0.3 is 14.8 Å². The molecule has 1 aliphatic heterocycles. The number of benzene rings is 2. The smallest absolute Gasteiger partial charge is 0.244 e. The molecule has 1 atom stereocenters. The maximum Gasteiger partial charge on any atom is 0.244 e. The molecule has 0 bridgehead atoms. The van der Waals surface area contributed by atoms with Gasteiger partial charge in [-0.1, -0.05) is 24.3 Å². The zero-order valence-corrected chi connectivity index (χ0v) is 14.1. The summed E-state index contributed by atoms with van der Waals surface area (Å²) in [5, 5.41) is 2.98. The monoisotopic (exact) mass is 323 g/mol. The second-order valence-electron chi connectivity index (χ2n) is 6.02. The Labute approximate surface area is 142 Å². The molecule has 0 aromatic heterocycles. The maximum absolute atomic E-state index is 12.1. The van der Waals surface area contributed by atoms with E-state index in [-0.39, 0.29) is 18.7 Å². The van der Waals surface area contributed by atoms with Gasteiger partial charge in [-0.15, -0.1) is 0 Å². The summed E-state index contributed by atoms with van der Waals surface area (Å²) < 4.78 is 10.6. The van der Waals surface area contributed by atoms with Crippen LogP contribution in [-0.2, 0) is 4.79 Å². The van der Waals surface area contributed by atoms with E-state index in [1.807, 2.05) is 25.1 Å². The molecule has 1 aliphatic rings. The van der Waals surface area contributed by atoms with Crippen LogP contribution in [0.4, 0.5) is 0 Å². The van der Waals surface area contributed by atoms with E-state index in [9.17, 15) is 4.79 Å². The van der Waals surface area contributed by atoms with Crippen LogP contribution < -0.4 is 14.8 Å². The van der Waals surface area contributed by atoms with Gasteiger partial charge >= 0.3 is 0 Å². The molecule has 0 saturated heterocycles. The number of fused-ring (bicyclic) bond motifs is 1. The molecule has 3 rings (SSSR count). The van der Waals surface area contributed by atoms with Crippen molar-refractivity contribution in [1.29, 1.82) is 0 Å². The standard InChI is InChI=1S/C20H21NO3/c1-13-4-7-17(10-14(13)2)15(3)21-20(22)9-6-16-5-8-18-19(11-16)24-12-23-18/h4-11,15H,12H2,1-3H3,(H,21,22)/b9-6+/t15-/m1/s1. The first-order chi connectivity index (χ1) is 11.5. The van der Waals surface area contributed by atoms with Crippen LogP contribution in [0.5, 0.6) is 11.5 Å². The lowest BCUT2D eigenvalue weighted by Crippen LogP contribution is -2.24. The molecule has 1 N–H and O–H groups in total. The van der Waals surface area contributed by atoms with E-state index in [1.165, 1.54) is 17.2 Å². The van der Waals surface area contributed by atoms with Crippen LogP contribution in [0, 0.1) is 13.8 Å². The molecule has 0 aliphatic carbocycles. The normalized spacial score (nSPS) is 14.0. The lowest BCUT2D eigenvalue weighted by molar-refractivity contribution is -0.117. The molecule has 1 heterocycles. The van der Waals surface area contributed by atoms with Gasteiger partial charge in [0.15, 0.2) is 11.5 Å². The Morgan fingerprint density at radius 1 is 1.08 bits per heavy atom. The van der Waals surface area contributed by atoms with Gasteiger partial charge in [0, 0.05) is 6.08 Å². The highest BCUT2D eigenvalue weighted by Gasteiger charge is 2.12. The van der Waals surface area contributed by atoms with Crippen LogP contribution in [-0.4, -0.2) is 12.7 Å². The Bertz CT molecular complexity index is 795. The quantitative estimate of drug-likeness (QED) is 0.868. The van der Waals surface area contributed by atoms with Crippen LogP contribution >= 0.6 is 0 Å². The Balaban J connectivity index is 1.63. The molecule has 24 heavy (non-hydrogen) atoms. The Kier molecular flexibility index (Phi) is 4.56. The Morgan fingerprint density at radius 2 is 1.88 bits per heavy atom. The van der Waals surface area contributed by atoms with Gasteiger partial charge in [0.25, 0.3) is 0 Å². The first-order valence-corrected chi connectivity index (χ1v) is 7.98. The van der Waals surface area contributed by atoms with Crippen LogP contribution in [0.1, 0.15) is 35.2 Å². The first kappa shape index (κ1) is 16.1. The van der Waals surface area contributed by atoms with Crippen molar-refractivity contribution in [2.75, 3.05) is 6.79 Å². The zero-order chi connectivity index (χ0) is 17.1. The summed E-state index contributed by atoms with van der Waals surface area (Å²) in [7, 11) is 0. The fraction of sp³-hybridized carbons (Fsp3) is 0.250. The fourth-order valence-electron chi connectivity index (χ4n) is 2.57. The molecule has 1 amide bonds. The van der Waals surface area contributed by atoms with Gasteiger partial charge in [0.1, 0.15) is 0 Å². The molecule has 0 saturated carbocycles. The van der Waals surface area contributed by atoms with Crippen molar-refractivity contribution in [3.63, 3.8) is 0 Å². The number of amides is 1. The lowest BCUT2D eigenvalue weighted by atomic mass is 10.0. The van der Waals surface area contributed by atoms with E-state index in [4.69, 9.17) is 9.47 Å². The van der Waals surface area contributed by atoms with Crippen molar-refractivity contribution in [2.24, 2.45) is 0 Å². The third-order valence-corrected chi connectivity index (χ3v) is 4.21. The highest BCUT2D eigenvalue weighted by molar-refractivity contribution is 5.92. The predicted molar refractivity (Wildman–Crippen MR) is 94.1 cm³/mol. The second-order valence-corrected chi connectivity index (χ2v) is 6.02. The number of hydrogen-bond acceptors (Lipinski definition) is 3. The largest absolute Gasteiger partial charge is 0.454 e. The number of carbonyl (C=O) groups is 1. The number of hydrogen-bond donors (Lipinski definition) is 1. The van der Waals surface area contributed by atoms with Crippen molar-refractivity contribution in [1.82, 2.24) is 5.32 Å². The molecule has 0 unspecified atom stereocenters. The minimum Gasteiger partial charge on any atom is -0.454 e. The van der Waals surface area contributed by atoms with E-state index in [1.54, 1.807) is 6.08 Å². The minimum absolute atomic E-state index is 0.0433. The minimum atomic E-state index is -0.126. The summed E-state index contributed by atoms with van der Waals surface area (Å²) in [4.78, 5) is 12.1. The van der Waals surface area contributed by atoms with Crippen LogP contribution in [0.3, 0.4) is 0 Å². The average molecular weight is 323 g/mol. The number of carbonyl (C=O) groups excluding carboxylic acids is 1. The highest BCUT2D eigenvalue weighted by Crippen LogP contribution is 2.32. The third kappa shape index (κ3) is 3.59. The van der Waals surface area contributed by atoms with Crippen LogP contribution in [0.25, 0.3) is 6.08 Å². The van der Waals surface area contributed by atoms with Gasteiger partial charge in [-0.2, -0.15) is 0 Å². The highest BCUT2D eigenvalue weighted by atomic mass is 16.7. The van der Waals surface area contributed by atoms with Crippen molar-refractivity contribution in [3.8, 4) is 11.5 Å². The summed E-state index contributed by atoms with van der Waals surface area (Å²) >= 11 is 0. The summed E-state index contributed by atoms with van der Waals surface area (Å²) in [6.45, 7) is 6.39. The predicted octanol–water partition coefficient (Wildman–Crippen LogP) is 3.92. The van der Waals surface area contributed by atoms with Gasteiger partial charge in [0.2, 0.25) is 12.7 Å². The number of aryl methyl sites for hydroxylation is 2. The summed E-state index contributed by atoms with van der Waals surface area (Å²) in [5.74, 6) is 1.32. The van der Waals surface area contributed by atoms with Gasteiger partial charge in [-0.25, -0.2) is 0 Å². The van der Waals surface area contributed by atoms with Crippen molar-refractivity contribution < 1.29 is 14.3 Å². The van der Waals surface area contributed by atoms with Crippen molar-refractivity contribution in [2.45, 2.75) is 26.8 Å². The maximum atomic E-state index is 12.1. The van der Waals surface area contributed by atoms with E-state index >= 15 is 0 Å². The number of ether oxygens (including phenoxy) is 2. The van der Waals surface area contributed by atoms with Gasteiger partial charge in [-0.3, -0.25) is 4.79 Å². The molecule has 2 aromatic carbocycles. The van der Waals surface area contributed by atoms with E-state index < -0.39 is 0 Å². The van der Waals surface area contributed by atoms with E-state index in [0.717, 1.165) is 16.9 Å². The number of nitrogens with one attached hydrogen (secondary N) is 1. The summed E-state index contributed by atoms with van der Waals surface area (Å²) in [6.07, 6.45) is 3.31. The second kappa shape index (κ2) is 6.79. The summed E-state index contributed by atoms with van der Waals surface area (Å²) in [5.41, 5.74) is 4.47. The molecular formula is C20H21NO3. The molecule has 0 radical (unpaired) electrons. The number of rotatable bonds is 4. The molecule has 2 aromatic rings. The molecule has 0 fully saturated rings. The molecule has 0 spiro atoms. The Morgan fingerprint density at radius 3 is 2.67 bits per heavy atom. The van der Waals surface area contributed by atoms with Crippen molar-refractivity contribution >= 4 is 12.0 Å². The van der Waals surface area contributed by atoms with E-state index in [2.05, 4.69) is 37.4 Å².